The van der Waals surface area contributed by atoms with E-state index in [9.17, 15) is 4.79 Å². The Kier molecular flexibility index (Phi) is 8.01. The van der Waals surface area contributed by atoms with Crippen LogP contribution in [0.1, 0.15) is 73.4 Å². The van der Waals surface area contributed by atoms with Crippen molar-refractivity contribution < 1.29 is 9.53 Å². The monoisotopic (exact) mass is 276 g/mol. The van der Waals surface area contributed by atoms with E-state index < -0.39 is 0 Å². The molecule has 0 spiro atoms. The molecule has 0 amide bonds. The summed E-state index contributed by atoms with van der Waals surface area (Å²) in [6.45, 7) is 7.02. The van der Waals surface area contributed by atoms with Crippen LogP contribution in [-0.4, -0.2) is 12.9 Å². The van der Waals surface area contributed by atoms with Crippen LogP contribution in [0.25, 0.3) is 0 Å². The van der Waals surface area contributed by atoms with Crippen molar-refractivity contribution in [3.05, 3.63) is 28.8 Å². The predicted octanol–water partition coefficient (Wildman–Crippen LogP) is 5.25. The number of aldehydes is 1. The summed E-state index contributed by atoms with van der Waals surface area (Å²) in [6.07, 6.45) is 9.93. The summed E-state index contributed by atoms with van der Waals surface area (Å²) >= 11 is 0. The van der Waals surface area contributed by atoms with Crippen molar-refractivity contribution in [2.75, 3.05) is 6.61 Å². The molecule has 0 fully saturated rings. The van der Waals surface area contributed by atoms with E-state index in [1.54, 1.807) is 0 Å². The number of carbonyl (C=O) groups excluding carboxylic acids is 1. The van der Waals surface area contributed by atoms with Gasteiger partial charge in [0.05, 0.1) is 6.61 Å². The summed E-state index contributed by atoms with van der Waals surface area (Å²) < 4.78 is 5.88. The third kappa shape index (κ3) is 5.77. The van der Waals surface area contributed by atoms with Gasteiger partial charge in [-0.25, -0.2) is 0 Å². The highest BCUT2D eigenvalue weighted by Crippen LogP contribution is 2.24. The average Bonchev–Trinajstić information content (AvgIpc) is 2.43. The first kappa shape index (κ1) is 16.7. The maximum Gasteiger partial charge on any atom is 0.150 e. The number of hydrogen-bond acceptors (Lipinski definition) is 2. The van der Waals surface area contributed by atoms with Gasteiger partial charge in [0.25, 0.3) is 0 Å². The largest absolute Gasteiger partial charge is 0.493 e. The Morgan fingerprint density at radius 2 is 1.50 bits per heavy atom. The first-order chi connectivity index (χ1) is 9.69. The van der Waals surface area contributed by atoms with E-state index in [1.807, 2.05) is 26.0 Å². The van der Waals surface area contributed by atoms with Crippen LogP contribution in [0.4, 0.5) is 0 Å². The van der Waals surface area contributed by atoms with Crippen LogP contribution in [0.3, 0.4) is 0 Å². The Morgan fingerprint density at radius 3 is 2.05 bits per heavy atom. The van der Waals surface area contributed by atoms with Crippen molar-refractivity contribution in [2.24, 2.45) is 0 Å². The quantitative estimate of drug-likeness (QED) is 0.431. The van der Waals surface area contributed by atoms with Gasteiger partial charge in [0.2, 0.25) is 0 Å². The van der Waals surface area contributed by atoms with Gasteiger partial charge in [0, 0.05) is 5.56 Å². The highest BCUT2D eigenvalue weighted by Gasteiger charge is 2.06. The Hall–Kier alpha value is -1.31. The van der Waals surface area contributed by atoms with Crippen molar-refractivity contribution in [2.45, 2.75) is 65.7 Å². The van der Waals surface area contributed by atoms with Gasteiger partial charge in [0.15, 0.2) is 0 Å². The minimum atomic E-state index is 0.725. The molecule has 2 heteroatoms. The van der Waals surface area contributed by atoms with Crippen LogP contribution in [0.2, 0.25) is 0 Å². The summed E-state index contributed by atoms with van der Waals surface area (Å²) in [5.41, 5.74) is 2.83. The Morgan fingerprint density at radius 1 is 0.950 bits per heavy atom. The molecule has 0 unspecified atom stereocenters. The van der Waals surface area contributed by atoms with Crippen molar-refractivity contribution in [1.82, 2.24) is 0 Å². The zero-order valence-electron chi connectivity index (χ0n) is 13.2. The lowest BCUT2D eigenvalue weighted by atomic mass is 10.1. The third-order valence-corrected chi connectivity index (χ3v) is 3.61. The molecular formula is C18H28O2. The average molecular weight is 276 g/mol. The minimum absolute atomic E-state index is 0.725. The van der Waals surface area contributed by atoms with Gasteiger partial charge < -0.3 is 4.74 Å². The third-order valence-electron chi connectivity index (χ3n) is 3.61. The highest BCUT2D eigenvalue weighted by molar-refractivity contribution is 5.76. The van der Waals surface area contributed by atoms with E-state index in [0.29, 0.717) is 0 Å². The SMILES string of the molecule is CCCCCCCCCOc1c(C)cc(C=O)cc1C. The van der Waals surface area contributed by atoms with Crippen LogP contribution < -0.4 is 4.74 Å². The fourth-order valence-electron chi connectivity index (χ4n) is 2.51. The van der Waals surface area contributed by atoms with Crippen molar-refractivity contribution >= 4 is 6.29 Å². The van der Waals surface area contributed by atoms with E-state index >= 15 is 0 Å². The molecule has 0 heterocycles. The zero-order chi connectivity index (χ0) is 14.8. The predicted molar refractivity (Wildman–Crippen MR) is 84.8 cm³/mol. The molecule has 112 valence electrons. The van der Waals surface area contributed by atoms with E-state index in [0.717, 1.165) is 41.8 Å². The Labute approximate surface area is 123 Å². The molecule has 1 aromatic rings. The summed E-state index contributed by atoms with van der Waals surface area (Å²) in [7, 11) is 0. The first-order valence-electron chi connectivity index (χ1n) is 7.88. The van der Waals surface area contributed by atoms with E-state index in [1.165, 1.54) is 38.5 Å². The molecule has 0 bridgehead atoms. The maximum absolute atomic E-state index is 10.8. The molecule has 0 aliphatic rings. The molecule has 0 aromatic heterocycles. The lowest BCUT2D eigenvalue weighted by Crippen LogP contribution is -2.01. The van der Waals surface area contributed by atoms with Crippen molar-refractivity contribution in [3.8, 4) is 5.75 Å². The Bertz CT molecular complexity index is 387. The van der Waals surface area contributed by atoms with E-state index in [-0.39, 0.29) is 0 Å². The summed E-state index contributed by atoms with van der Waals surface area (Å²) in [5, 5.41) is 0. The number of rotatable bonds is 10. The molecule has 1 aromatic carbocycles. The number of unbranched alkanes of at least 4 members (excludes halogenated alkanes) is 6. The van der Waals surface area contributed by atoms with Crippen LogP contribution >= 0.6 is 0 Å². The number of carbonyl (C=O) groups is 1. The van der Waals surface area contributed by atoms with Crippen molar-refractivity contribution in [3.63, 3.8) is 0 Å². The van der Waals surface area contributed by atoms with Gasteiger partial charge in [-0.2, -0.15) is 0 Å². The van der Waals surface area contributed by atoms with Gasteiger partial charge in [-0.15, -0.1) is 0 Å². The van der Waals surface area contributed by atoms with Gasteiger partial charge >= 0.3 is 0 Å². The highest BCUT2D eigenvalue weighted by atomic mass is 16.5. The fourth-order valence-corrected chi connectivity index (χ4v) is 2.51. The summed E-state index contributed by atoms with van der Waals surface area (Å²) in [6, 6.07) is 3.78. The molecule has 0 saturated heterocycles. The molecule has 2 nitrogen and oxygen atoms in total. The van der Waals surface area contributed by atoms with Gasteiger partial charge in [0.1, 0.15) is 12.0 Å². The number of benzene rings is 1. The van der Waals surface area contributed by atoms with Crippen LogP contribution in [0.5, 0.6) is 5.75 Å². The molecule has 0 aliphatic carbocycles. The Balaban J connectivity index is 2.27. The van der Waals surface area contributed by atoms with Crippen LogP contribution in [0.15, 0.2) is 12.1 Å². The molecule has 1 rings (SSSR count). The molecule has 0 saturated carbocycles. The number of hydrogen-bond donors (Lipinski definition) is 0. The smallest absolute Gasteiger partial charge is 0.150 e. The second kappa shape index (κ2) is 9.57. The standard InChI is InChI=1S/C18H28O2/c1-4-5-6-7-8-9-10-11-20-18-15(2)12-17(14-19)13-16(18)3/h12-14H,4-11H2,1-3H3. The number of aryl methyl sites for hydroxylation is 2. The molecule has 0 aliphatic heterocycles. The van der Waals surface area contributed by atoms with Crippen LogP contribution in [0, 0.1) is 13.8 Å². The lowest BCUT2D eigenvalue weighted by molar-refractivity contribution is 0.112. The molecule has 0 radical (unpaired) electrons. The van der Waals surface area contributed by atoms with Gasteiger partial charge in [-0.1, -0.05) is 45.4 Å². The fraction of sp³-hybridized carbons (Fsp3) is 0.611. The number of ether oxygens (including phenoxy) is 1. The first-order valence-corrected chi connectivity index (χ1v) is 7.88. The second-order valence-corrected chi connectivity index (χ2v) is 5.57. The van der Waals surface area contributed by atoms with Gasteiger partial charge in [-0.05, 0) is 43.5 Å². The maximum atomic E-state index is 10.8. The molecule has 20 heavy (non-hydrogen) atoms. The molecule has 0 N–H and O–H groups in total. The molecule has 0 atom stereocenters. The minimum Gasteiger partial charge on any atom is -0.493 e. The second-order valence-electron chi connectivity index (χ2n) is 5.57. The van der Waals surface area contributed by atoms with E-state index in [2.05, 4.69) is 6.92 Å². The van der Waals surface area contributed by atoms with Crippen molar-refractivity contribution in [1.29, 1.82) is 0 Å². The van der Waals surface area contributed by atoms with Crippen LogP contribution in [-0.2, 0) is 0 Å². The zero-order valence-corrected chi connectivity index (χ0v) is 13.2. The van der Waals surface area contributed by atoms with E-state index in [4.69, 9.17) is 4.74 Å². The topological polar surface area (TPSA) is 26.3 Å². The summed E-state index contributed by atoms with van der Waals surface area (Å²) in [4.78, 5) is 10.8. The summed E-state index contributed by atoms with van der Waals surface area (Å²) in [5.74, 6) is 0.946. The lowest BCUT2D eigenvalue weighted by Gasteiger charge is -2.12. The molecular weight excluding hydrogens is 248 g/mol. The van der Waals surface area contributed by atoms with Gasteiger partial charge in [-0.3, -0.25) is 4.79 Å². The normalized spacial score (nSPS) is 10.6.